The molecule has 0 unspecified atom stereocenters. The minimum absolute atomic E-state index is 0.0200. The van der Waals surface area contributed by atoms with Gasteiger partial charge in [-0.2, -0.15) is 4.98 Å². The van der Waals surface area contributed by atoms with E-state index in [2.05, 4.69) is 22.2 Å². The summed E-state index contributed by atoms with van der Waals surface area (Å²) in [5.41, 5.74) is 0.0331. The van der Waals surface area contributed by atoms with E-state index in [1.807, 2.05) is 0 Å². The van der Waals surface area contributed by atoms with Crippen LogP contribution in [0.3, 0.4) is 0 Å². The van der Waals surface area contributed by atoms with Crippen LogP contribution in [0.5, 0.6) is 5.88 Å². The molecule has 1 aromatic rings. The highest BCUT2D eigenvalue weighted by molar-refractivity contribution is 5.61. The molecule has 1 aliphatic rings. The Morgan fingerprint density at radius 1 is 1.59 bits per heavy atom. The maximum Gasteiger partial charge on any atom is 0.372 e. The lowest BCUT2D eigenvalue weighted by atomic mass is 10.1. The molecule has 0 radical (unpaired) electrons. The predicted octanol–water partition coefficient (Wildman–Crippen LogP) is 1.61. The van der Waals surface area contributed by atoms with Crippen molar-refractivity contribution in [3.63, 3.8) is 0 Å². The summed E-state index contributed by atoms with van der Waals surface area (Å²) >= 11 is 0. The van der Waals surface area contributed by atoms with Crippen LogP contribution < -0.4 is 10.1 Å². The number of nitrogens with zero attached hydrogens (tertiary/aromatic N) is 3. The summed E-state index contributed by atoms with van der Waals surface area (Å²) in [6.45, 7) is 2.80. The molecule has 0 aromatic carbocycles. The zero-order chi connectivity index (χ0) is 12.5. The Balaban J connectivity index is 2.22. The number of nitrogens with one attached hydrogen (secondary N) is 1. The van der Waals surface area contributed by atoms with Crippen LogP contribution in [0.2, 0.25) is 0 Å². The second-order valence-corrected chi connectivity index (χ2v) is 4.50. The first-order valence-electron chi connectivity index (χ1n) is 5.33. The summed E-state index contributed by atoms with van der Waals surface area (Å²) in [5, 5.41) is 13.9. The highest BCUT2D eigenvalue weighted by Gasteiger charge is 2.37. The van der Waals surface area contributed by atoms with Crippen LogP contribution in [0.1, 0.15) is 19.8 Å². The van der Waals surface area contributed by atoms with E-state index in [0.29, 0.717) is 6.54 Å². The predicted molar refractivity (Wildman–Crippen MR) is 61.1 cm³/mol. The summed E-state index contributed by atoms with van der Waals surface area (Å²) in [7, 11) is 1.35. The zero-order valence-electron chi connectivity index (χ0n) is 9.77. The fourth-order valence-corrected chi connectivity index (χ4v) is 1.49. The molecule has 1 heterocycles. The van der Waals surface area contributed by atoms with E-state index < -0.39 is 4.92 Å². The molecule has 1 N–H and O–H groups in total. The first kappa shape index (κ1) is 11.6. The maximum absolute atomic E-state index is 10.9. The Labute approximate surface area is 98.4 Å². The molecule has 0 amide bonds. The fourth-order valence-electron chi connectivity index (χ4n) is 1.49. The van der Waals surface area contributed by atoms with Gasteiger partial charge in [-0.15, -0.1) is 0 Å². The second kappa shape index (κ2) is 4.15. The molecule has 0 atom stereocenters. The number of hydrogen-bond acceptors (Lipinski definition) is 6. The van der Waals surface area contributed by atoms with Gasteiger partial charge in [0.1, 0.15) is 6.33 Å². The van der Waals surface area contributed by atoms with E-state index >= 15 is 0 Å². The van der Waals surface area contributed by atoms with Crippen molar-refractivity contribution in [1.29, 1.82) is 0 Å². The third-order valence-corrected chi connectivity index (χ3v) is 2.95. The van der Waals surface area contributed by atoms with Gasteiger partial charge in [-0.25, -0.2) is 4.98 Å². The molecule has 1 aliphatic carbocycles. The lowest BCUT2D eigenvalue weighted by Crippen LogP contribution is -2.14. The van der Waals surface area contributed by atoms with Gasteiger partial charge in [-0.3, -0.25) is 10.1 Å². The third-order valence-electron chi connectivity index (χ3n) is 2.95. The van der Waals surface area contributed by atoms with Crippen molar-refractivity contribution < 1.29 is 9.66 Å². The van der Waals surface area contributed by atoms with E-state index in [4.69, 9.17) is 4.74 Å². The molecule has 7 heteroatoms. The Kier molecular flexibility index (Phi) is 2.83. The normalized spacial score (nSPS) is 16.4. The average molecular weight is 238 g/mol. The van der Waals surface area contributed by atoms with Crippen molar-refractivity contribution in [3.05, 3.63) is 16.4 Å². The van der Waals surface area contributed by atoms with Crippen LogP contribution in [-0.4, -0.2) is 28.5 Å². The van der Waals surface area contributed by atoms with Crippen LogP contribution in [0.15, 0.2) is 6.33 Å². The van der Waals surface area contributed by atoms with Gasteiger partial charge in [-0.05, 0) is 18.3 Å². The topological polar surface area (TPSA) is 90.2 Å². The summed E-state index contributed by atoms with van der Waals surface area (Å²) in [6.07, 6.45) is 3.52. The first-order chi connectivity index (χ1) is 8.06. The molecule has 1 fully saturated rings. The summed E-state index contributed by atoms with van der Waals surface area (Å²) in [5.74, 6) is 0.198. The maximum atomic E-state index is 10.9. The number of nitro groups is 1. The smallest absolute Gasteiger partial charge is 0.372 e. The van der Waals surface area contributed by atoms with Gasteiger partial charge in [0.15, 0.2) is 0 Å². The van der Waals surface area contributed by atoms with Crippen molar-refractivity contribution in [2.45, 2.75) is 19.8 Å². The standard InChI is InChI=1S/C10H14N4O3/c1-10(3-4-10)5-11-8-7(14(15)16)9(17-2)13-6-12-8/h6H,3-5H2,1-2H3,(H,11,12,13). The molecular weight excluding hydrogens is 224 g/mol. The van der Waals surface area contributed by atoms with E-state index in [9.17, 15) is 10.1 Å². The van der Waals surface area contributed by atoms with Gasteiger partial charge in [0.25, 0.3) is 5.88 Å². The molecule has 7 nitrogen and oxygen atoms in total. The van der Waals surface area contributed by atoms with Gasteiger partial charge >= 0.3 is 5.69 Å². The Morgan fingerprint density at radius 2 is 2.29 bits per heavy atom. The molecule has 92 valence electrons. The summed E-state index contributed by atoms with van der Waals surface area (Å²) < 4.78 is 4.86. The molecule has 1 saturated carbocycles. The number of anilines is 1. The number of ether oxygens (including phenoxy) is 1. The highest BCUT2D eigenvalue weighted by atomic mass is 16.6. The van der Waals surface area contributed by atoms with Crippen molar-refractivity contribution in [2.75, 3.05) is 19.0 Å². The van der Waals surface area contributed by atoms with E-state index in [-0.39, 0.29) is 22.8 Å². The molecular formula is C10H14N4O3. The summed E-state index contributed by atoms with van der Waals surface area (Å²) in [6, 6.07) is 0. The third kappa shape index (κ3) is 2.43. The monoisotopic (exact) mass is 238 g/mol. The molecule has 0 spiro atoms. The van der Waals surface area contributed by atoms with Gasteiger partial charge in [0, 0.05) is 6.54 Å². The fraction of sp³-hybridized carbons (Fsp3) is 0.600. The molecule has 2 rings (SSSR count). The van der Waals surface area contributed by atoms with Crippen molar-refractivity contribution in [3.8, 4) is 5.88 Å². The lowest BCUT2D eigenvalue weighted by molar-refractivity contribution is -0.385. The number of aromatic nitrogens is 2. The average Bonchev–Trinajstić information content (AvgIpc) is 3.04. The Hall–Kier alpha value is -1.92. The van der Waals surface area contributed by atoms with Gasteiger partial charge in [0.2, 0.25) is 5.82 Å². The Bertz CT molecular complexity index is 445. The molecule has 0 saturated heterocycles. The highest BCUT2D eigenvalue weighted by Crippen LogP contribution is 2.45. The molecule has 0 aliphatic heterocycles. The van der Waals surface area contributed by atoms with E-state index in [1.165, 1.54) is 13.4 Å². The van der Waals surface area contributed by atoms with Crippen molar-refractivity contribution in [2.24, 2.45) is 5.41 Å². The minimum atomic E-state index is -0.531. The number of rotatable bonds is 5. The summed E-state index contributed by atoms with van der Waals surface area (Å²) in [4.78, 5) is 18.0. The molecule has 17 heavy (non-hydrogen) atoms. The van der Waals surface area contributed by atoms with Crippen LogP contribution in [-0.2, 0) is 0 Å². The zero-order valence-corrected chi connectivity index (χ0v) is 9.77. The van der Waals surface area contributed by atoms with Gasteiger partial charge in [-0.1, -0.05) is 6.92 Å². The molecule has 0 bridgehead atoms. The Morgan fingerprint density at radius 3 is 2.82 bits per heavy atom. The number of methoxy groups -OCH3 is 1. The molecule has 1 aromatic heterocycles. The minimum Gasteiger partial charge on any atom is -0.476 e. The largest absolute Gasteiger partial charge is 0.476 e. The van der Waals surface area contributed by atoms with Crippen LogP contribution >= 0.6 is 0 Å². The van der Waals surface area contributed by atoms with Crippen LogP contribution in [0.4, 0.5) is 11.5 Å². The van der Waals surface area contributed by atoms with Crippen LogP contribution in [0, 0.1) is 15.5 Å². The van der Waals surface area contributed by atoms with Gasteiger partial charge in [0.05, 0.1) is 12.0 Å². The SMILES string of the molecule is COc1ncnc(NCC2(C)CC2)c1[N+](=O)[O-]. The van der Waals surface area contributed by atoms with Crippen molar-refractivity contribution >= 4 is 11.5 Å². The van der Waals surface area contributed by atoms with E-state index in [1.54, 1.807) is 0 Å². The van der Waals surface area contributed by atoms with Crippen molar-refractivity contribution in [1.82, 2.24) is 9.97 Å². The number of hydrogen-bond donors (Lipinski definition) is 1. The van der Waals surface area contributed by atoms with E-state index in [0.717, 1.165) is 12.8 Å². The van der Waals surface area contributed by atoms with Gasteiger partial charge < -0.3 is 10.1 Å². The second-order valence-electron chi connectivity index (χ2n) is 4.50. The first-order valence-corrected chi connectivity index (χ1v) is 5.33. The lowest BCUT2D eigenvalue weighted by Gasteiger charge is -2.11. The van der Waals surface area contributed by atoms with Crippen LogP contribution in [0.25, 0.3) is 0 Å². The quantitative estimate of drug-likeness (QED) is 0.619.